The van der Waals surface area contributed by atoms with Gasteiger partial charge in [-0.1, -0.05) is 6.58 Å². The van der Waals surface area contributed by atoms with Gasteiger partial charge in [0.2, 0.25) is 0 Å². The number of rotatable bonds is 6. The van der Waals surface area contributed by atoms with Gasteiger partial charge in [-0.2, -0.15) is 0 Å². The minimum atomic E-state index is -0.859. The molecule has 6 heteroatoms. The average molecular weight is 252 g/mol. The molecule has 0 radical (unpaired) electrons. The molecule has 0 aromatic carbocycles. The van der Waals surface area contributed by atoms with Crippen LogP contribution in [0.5, 0.6) is 0 Å². The third kappa shape index (κ3) is 6.42. The fourth-order valence-electron chi connectivity index (χ4n) is 0.915. The zero-order valence-electron chi connectivity index (χ0n) is 9.52. The van der Waals surface area contributed by atoms with Crippen molar-refractivity contribution < 1.29 is 19.1 Å². The van der Waals surface area contributed by atoms with E-state index in [0.717, 1.165) is 0 Å². The summed E-state index contributed by atoms with van der Waals surface area (Å²) in [6, 6.07) is -0.859. The predicted octanol–water partition coefficient (Wildman–Crippen LogP) is 0.808. The van der Waals surface area contributed by atoms with Gasteiger partial charge in [-0.05, 0) is 13.8 Å². The van der Waals surface area contributed by atoms with Gasteiger partial charge in [0.05, 0.1) is 13.2 Å². The number of nitrogens with two attached hydrogens (primary N) is 1. The molecule has 0 amide bonds. The molecule has 0 fully saturated rings. The highest BCUT2D eigenvalue weighted by atomic mass is 35.5. The molecule has 0 aliphatic heterocycles. The van der Waals surface area contributed by atoms with Crippen molar-refractivity contribution >= 4 is 24.3 Å². The largest absolute Gasteiger partial charge is 0.465 e. The highest BCUT2D eigenvalue weighted by molar-refractivity contribution is 5.89. The number of carbonyl (C=O) groups excluding carboxylic acids is 2. The highest BCUT2D eigenvalue weighted by Crippen LogP contribution is 2.05. The van der Waals surface area contributed by atoms with Crippen molar-refractivity contribution in [2.75, 3.05) is 13.2 Å². The van der Waals surface area contributed by atoms with Crippen LogP contribution in [0.15, 0.2) is 12.2 Å². The summed E-state index contributed by atoms with van der Waals surface area (Å²) in [4.78, 5) is 22.2. The monoisotopic (exact) mass is 251 g/mol. The van der Waals surface area contributed by atoms with Crippen LogP contribution in [0.2, 0.25) is 0 Å². The topological polar surface area (TPSA) is 78.6 Å². The Morgan fingerprint density at radius 3 is 2.19 bits per heavy atom. The van der Waals surface area contributed by atoms with E-state index in [1.54, 1.807) is 13.8 Å². The van der Waals surface area contributed by atoms with Gasteiger partial charge in [-0.25, -0.2) is 4.79 Å². The molecule has 0 aromatic rings. The Morgan fingerprint density at radius 1 is 1.25 bits per heavy atom. The van der Waals surface area contributed by atoms with E-state index in [1.807, 2.05) is 0 Å². The Labute approximate surface area is 101 Å². The van der Waals surface area contributed by atoms with Crippen molar-refractivity contribution in [2.24, 2.45) is 5.73 Å². The lowest BCUT2D eigenvalue weighted by Gasteiger charge is -2.11. The molecular formula is C10H18ClNO4. The maximum atomic E-state index is 11.1. The van der Waals surface area contributed by atoms with E-state index in [-0.39, 0.29) is 37.6 Å². The average Bonchev–Trinajstić information content (AvgIpc) is 2.18. The third-order valence-corrected chi connectivity index (χ3v) is 1.62. The first kappa shape index (κ1) is 17.3. The van der Waals surface area contributed by atoms with E-state index >= 15 is 0 Å². The lowest BCUT2D eigenvalue weighted by molar-refractivity contribution is -0.144. The van der Waals surface area contributed by atoms with Gasteiger partial charge in [0.25, 0.3) is 0 Å². The SMILES string of the molecule is C=C(CC(N)C(=O)OCC)C(=O)OCC.Cl. The van der Waals surface area contributed by atoms with Crippen molar-refractivity contribution in [1.82, 2.24) is 0 Å². The van der Waals surface area contributed by atoms with Crippen LogP contribution < -0.4 is 5.73 Å². The van der Waals surface area contributed by atoms with E-state index in [0.29, 0.717) is 0 Å². The second-order valence-electron chi connectivity index (χ2n) is 2.89. The number of hydrogen-bond acceptors (Lipinski definition) is 5. The van der Waals surface area contributed by atoms with Crippen LogP contribution in [-0.4, -0.2) is 31.2 Å². The molecule has 16 heavy (non-hydrogen) atoms. The Kier molecular flexibility index (Phi) is 9.94. The van der Waals surface area contributed by atoms with E-state index in [1.165, 1.54) is 0 Å². The van der Waals surface area contributed by atoms with Gasteiger partial charge in [0.15, 0.2) is 0 Å². The van der Waals surface area contributed by atoms with Crippen molar-refractivity contribution in [1.29, 1.82) is 0 Å². The molecule has 0 heterocycles. The fourth-order valence-corrected chi connectivity index (χ4v) is 0.915. The summed E-state index contributed by atoms with van der Waals surface area (Å²) < 4.78 is 9.39. The standard InChI is InChI=1S/C10H17NO4.ClH/c1-4-14-9(12)7(3)6-8(11)10(13)15-5-2;/h8H,3-6,11H2,1-2H3;1H. The van der Waals surface area contributed by atoms with Gasteiger partial charge in [0, 0.05) is 12.0 Å². The molecule has 94 valence electrons. The van der Waals surface area contributed by atoms with Crippen LogP contribution in [0.3, 0.4) is 0 Å². The fraction of sp³-hybridized carbons (Fsp3) is 0.600. The Morgan fingerprint density at radius 2 is 1.75 bits per heavy atom. The molecule has 5 nitrogen and oxygen atoms in total. The number of carbonyl (C=O) groups is 2. The van der Waals surface area contributed by atoms with Gasteiger partial charge in [-0.15, -0.1) is 12.4 Å². The van der Waals surface area contributed by atoms with Crippen molar-refractivity contribution in [3.05, 3.63) is 12.2 Å². The summed E-state index contributed by atoms with van der Waals surface area (Å²) in [7, 11) is 0. The quantitative estimate of drug-likeness (QED) is 0.558. The minimum absolute atomic E-state index is 0. The molecule has 0 aromatic heterocycles. The first-order valence-electron chi connectivity index (χ1n) is 4.80. The number of halogens is 1. The van der Waals surface area contributed by atoms with Crippen LogP contribution in [0.4, 0.5) is 0 Å². The smallest absolute Gasteiger partial charge is 0.333 e. The van der Waals surface area contributed by atoms with Crippen LogP contribution in [0.25, 0.3) is 0 Å². The lowest BCUT2D eigenvalue weighted by Crippen LogP contribution is -2.33. The lowest BCUT2D eigenvalue weighted by atomic mass is 10.1. The van der Waals surface area contributed by atoms with Crippen molar-refractivity contribution in [3.63, 3.8) is 0 Å². The molecule has 0 bridgehead atoms. The zero-order valence-corrected chi connectivity index (χ0v) is 10.3. The minimum Gasteiger partial charge on any atom is -0.465 e. The summed E-state index contributed by atoms with van der Waals surface area (Å²) in [6.45, 7) is 7.40. The Balaban J connectivity index is 0. The maximum absolute atomic E-state index is 11.1. The normalized spacial score (nSPS) is 10.9. The van der Waals surface area contributed by atoms with E-state index in [9.17, 15) is 9.59 Å². The molecule has 2 N–H and O–H groups in total. The van der Waals surface area contributed by atoms with Crippen LogP contribution in [0, 0.1) is 0 Å². The molecule has 0 spiro atoms. The molecule has 0 rings (SSSR count). The summed E-state index contributed by atoms with van der Waals surface area (Å²) >= 11 is 0. The molecule has 0 aliphatic rings. The molecule has 1 atom stereocenters. The molecular weight excluding hydrogens is 234 g/mol. The van der Waals surface area contributed by atoms with Gasteiger partial charge >= 0.3 is 11.9 Å². The maximum Gasteiger partial charge on any atom is 0.333 e. The zero-order chi connectivity index (χ0) is 11.8. The molecule has 0 aliphatic carbocycles. The third-order valence-electron chi connectivity index (χ3n) is 1.62. The predicted molar refractivity (Wildman–Crippen MR) is 62.2 cm³/mol. The first-order chi connectivity index (χ1) is 7.02. The van der Waals surface area contributed by atoms with E-state index in [2.05, 4.69) is 11.3 Å². The van der Waals surface area contributed by atoms with Crippen molar-refractivity contribution in [2.45, 2.75) is 26.3 Å². The second kappa shape index (κ2) is 9.18. The van der Waals surface area contributed by atoms with Crippen LogP contribution in [-0.2, 0) is 19.1 Å². The number of hydrogen-bond donors (Lipinski definition) is 1. The van der Waals surface area contributed by atoms with Crippen LogP contribution >= 0.6 is 12.4 Å². The Bertz CT molecular complexity index is 255. The molecule has 0 saturated carbocycles. The van der Waals surface area contributed by atoms with E-state index < -0.39 is 18.0 Å². The molecule has 1 unspecified atom stereocenters. The van der Waals surface area contributed by atoms with Gasteiger partial charge < -0.3 is 15.2 Å². The second-order valence-corrected chi connectivity index (χ2v) is 2.89. The summed E-state index contributed by atoms with van der Waals surface area (Å²) in [5.41, 5.74) is 5.67. The number of ether oxygens (including phenoxy) is 2. The highest BCUT2D eigenvalue weighted by Gasteiger charge is 2.19. The summed E-state index contributed by atoms with van der Waals surface area (Å²) in [6.07, 6.45) is 0.0532. The molecule has 0 saturated heterocycles. The summed E-state index contributed by atoms with van der Waals surface area (Å²) in [5.74, 6) is -1.07. The summed E-state index contributed by atoms with van der Waals surface area (Å²) in [5, 5.41) is 0. The van der Waals surface area contributed by atoms with Gasteiger partial charge in [-0.3, -0.25) is 4.79 Å². The van der Waals surface area contributed by atoms with Gasteiger partial charge in [0.1, 0.15) is 6.04 Å². The Hall–Kier alpha value is -1.07. The van der Waals surface area contributed by atoms with Crippen molar-refractivity contribution in [3.8, 4) is 0 Å². The number of esters is 2. The first-order valence-corrected chi connectivity index (χ1v) is 4.80. The van der Waals surface area contributed by atoms with E-state index in [4.69, 9.17) is 10.5 Å². The van der Waals surface area contributed by atoms with Crippen LogP contribution in [0.1, 0.15) is 20.3 Å².